The number of carbonyl (C=O) groups excluding carboxylic acids is 1. The molecule has 0 bridgehead atoms. The number of methoxy groups -OCH3 is 1. The van der Waals surface area contributed by atoms with Gasteiger partial charge in [-0.1, -0.05) is 42.3 Å². The molecule has 0 spiro atoms. The summed E-state index contributed by atoms with van der Waals surface area (Å²) in [6.07, 6.45) is 5.70. The number of aromatic nitrogens is 1. The van der Waals surface area contributed by atoms with E-state index in [1.165, 1.54) is 29.9 Å². The number of hydrogen-bond acceptors (Lipinski definition) is 7. The summed E-state index contributed by atoms with van der Waals surface area (Å²) in [6, 6.07) is 10.8. The number of aryl methyl sites for hydroxylation is 1. The first kappa shape index (κ1) is 28.2. The molecular formula is C31H34ClN3O4S. The Morgan fingerprint density at radius 2 is 1.95 bits per heavy atom. The van der Waals surface area contributed by atoms with Crippen molar-refractivity contribution in [3.63, 3.8) is 0 Å². The van der Waals surface area contributed by atoms with Gasteiger partial charge in [-0.15, -0.1) is 0 Å². The van der Waals surface area contributed by atoms with Gasteiger partial charge in [0, 0.05) is 29.4 Å². The molecule has 0 saturated carbocycles. The van der Waals surface area contributed by atoms with E-state index in [2.05, 4.69) is 30.0 Å². The van der Waals surface area contributed by atoms with Crippen molar-refractivity contribution in [2.75, 3.05) is 31.7 Å². The number of carbonyl (C=O) groups is 1. The van der Waals surface area contributed by atoms with Crippen LogP contribution in [0, 0.1) is 6.92 Å². The largest absolute Gasteiger partial charge is 0.496 e. The molecule has 3 aromatic rings. The number of rotatable bonds is 8. The Morgan fingerprint density at radius 3 is 2.62 bits per heavy atom. The molecule has 0 amide bonds. The summed E-state index contributed by atoms with van der Waals surface area (Å²) in [7, 11) is 1.56. The first-order valence-electron chi connectivity index (χ1n) is 13.8. The fourth-order valence-electron chi connectivity index (χ4n) is 5.47. The van der Waals surface area contributed by atoms with Gasteiger partial charge in [-0.25, -0.2) is 9.79 Å². The Kier molecular flexibility index (Phi) is 8.47. The number of halogens is 1. The minimum absolute atomic E-state index is 0.207. The number of fused-ring (bicyclic) bond motifs is 1. The average molecular weight is 580 g/mol. The van der Waals surface area contributed by atoms with Gasteiger partial charge in [0.25, 0.3) is 5.56 Å². The van der Waals surface area contributed by atoms with Crippen LogP contribution >= 0.6 is 22.9 Å². The van der Waals surface area contributed by atoms with Crippen LogP contribution in [0.15, 0.2) is 57.5 Å². The van der Waals surface area contributed by atoms with Gasteiger partial charge >= 0.3 is 5.97 Å². The quantitative estimate of drug-likeness (QED) is 0.345. The zero-order valence-corrected chi connectivity index (χ0v) is 24.9. The summed E-state index contributed by atoms with van der Waals surface area (Å²) < 4.78 is 13.3. The van der Waals surface area contributed by atoms with Gasteiger partial charge in [-0.3, -0.25) is 9.36 Å². The summed E-state index contributed by atoms with van der Waals surface area (Å²) in [5.74, 6) is 0.0289. The Bertz CT molecular complexity index is 1650. The van der Waals surface area contributed by atoms with Crippen molar-refractivity contribution in [1.29, 1.82) is 0 Å². The topological polar surface area (TPSA) is 73.1 Å². The lowest BCUT2D eigenvalue weighted by Crippen LogP contribution is -2.40. The fraction of sp³-hybridized carbons (Fsp3) is 0.387. The molecule has 1 fully saturated rings. The maximum absolute atomic E-state index is 14.1. The van der Waals surface area contributed by atoms with Crippen LogP contribution < -0.4 is 24.5 Å². The predicted molar refractivity (Wildman–Crippen MR) is 160 cm³/mol. The van der Waals surface area contributed by atoms with Crippen LogP contribution in [0.4, 0.5) is 5.69 Å². The molecule has 2 aliphatic heterocycles. The summed E-state index contributed by atoms with van der Waals surface area (Å²) in [6.45, 7) is 8.22. The number of esters is 1. The highest BCUT2D eigenvalue weighted by Crippen LogP contribution is 2.38. The number of anilines is 1. The maximum atomic E-state index is 14.1. The molecular weight excluding hydrogens is 546 g/mol. The number of ether oxygens (including phenoxy) is 2. The van der Waals surface area contributed by atoms with Crippen molar-refractivity contribution in [3.8, 4) is 5.75 Å². The molecule has 0 radical (unpaired) electrons. The maximum Gasteiger partial charge on any atom is 0.338 e. The monoisotopic (exact) mass is 579 g/mol. The van der Waals surface area contributed by atoms with Gasteiger partial charge in [0.15, 0.2) is 4.80 Å². The number of allylic oxidation sites excluding steroid dienone is 1. The molecule has 2 aliphatic rings. The number of hydrogen-bond donors (Lipinski definition) is 0. The first-order chi connectivity index (χ1) is 19.4. The molecule has 210 valence electrons. The molecule has 1 saturated heterocycles. The zero-order valence-electron chi connectivity index (χ0n) is 23.3. The van der Waals surface area contributed by atoms with Crippen LogP contribution in [-0.4, -0.2) is 37.3 Å². The molecule has 1 aromatic heterocycles. The van der Waals surface area contributed by atoms with E-state index >= 15 is 0 Å². The van der Waals surface area contributed by atoms with Gasteiger partial charge in [-0.2, -0.15) is 0 Å². The van der Waals surface area contributed by atoms with E-state index in [4.69, 9.17) is 26.1 Å². The average Bonchev–Trinajstić information content (AvgIpc) is 3.58. The third-order valence-corrected chi connectivity index (χ3v) is 8.61. The normalized spacial score (nSPS) is 17.2. The Hall–Kier alpha value is -3.36. The Balaban J connectivity index is 1.71. The van der Waals surface area contributed by atoms with E-state index in [1.807, 2.05) is 13.0 Å². The molecule has 2 aromatic carbocycles. The van der Waals surface area contributed by atoms with Crippen molar-refractivity contribution < 1.29 is 14.3 Å². The van der Waals surface area contributed by atoms with Crippen LogP contribution in [0.1, 0.15) is 62.3 Å². The van der Waals surface area contributed by atoms with Gasteiger partial charge in [0.1, 0.15) is 11.8 Å². The fourth-order valence-corrected chi connectivity index (χ4v) is 6.66. The number of thiazole rings is 1. The summed E-state index contributed by atoms with van der Waals surface area (Å²) in [5, 5.41) is 0.476. The van der Waals surface area contributed by atoms with Crippen LogP contribution in [0.2, 0.25) is 5.02 Å². The van der Waals surface area contributed by atoms with Crippen molar-refractivity contribution in [2.24, 2.45) is 4.99 Å². The van der Waals surface area contributed by atoms with Crippen LogP contribution in [0.3, 0.4) is 0 Å². The smallest absolute Gasteiger partial charge is 0.338 e. The van der Waals surface area contributed by atoms with Gasteiger partial charge in [-0.05, 0) is 80.6 Å². The molecule has 9 heteroatoms. The van der Waals surface area contributed by atoms with Gasteiger partial charge < -0.3 is 14.4 Å². The second-order valence-electron chi connectivity index (χ2n) is 10.0. The van der Waals surface area contributed by atoms with E-state index in [-0.39, 0.29) is 12.2 Å². The lowest BCUT2D eigenvalue weighted by atomic mass is 9.93. The Labute approximate surface area is 243 Å². The van der Waals surface area contributed by atoms with Crippen molar-refractivity contribution in [1.82, 2.24) is 4.57 Å². The predicted octanol–water partition coefficient (Wildman–Crippen LogP) is 5.15. The van der Waals surface area contributed by atoms with Crippen LogP contribution in [0.5, 0.6) is 5.75 Å². The van der Waals surface area contributed by atoms with Crippen molar-refractivity contribution in [2.45, 2.75) is 52.5 Å². The molecule has 5 rings (SSSR count). The van der Waals surface area contributed by atoms with E-state index in [0.29, 0.717) is 43.4 Å². The third kappa shape index (κ3) is 5.34. The minimum atomic E-state index is -0.786. The molecule has 0 N–H and O–H groups in total. The van der Waals surface area contributed by atoms with E-state index in [1.54, 1.807) is 36.8 Å². The minimum Gasteiger partial charge on any atom is -0.496 e. The summed E-state index contributed by atoms with van der Waals surface area (Å²) in [5.41, 5.74) is 4.63. The van der Waals surface area contributed by atoms with Crippen molar-refractivity contribution in [3.05, 3.63) is 89.1 Å². The van der Waals surface area contributed by atoms with Gasteiger partial charge in [0.05, 0.1) is 29.5 Å². The highest BCUT2D eigenvalue weighted by Gasteiger charge is 2.36. The highest BCUT2D eigenvalue weighted by molar-refractivity contribution is 7.07. The Morgan fingerprint density at radius 1 is 1.18 bits per heavy atom. The van der Waals surface area contributed by atoms with Gasteiger partial charge in [0.2, 0.25) is 0 Å². The second kappa shape index (κ2) is 12.0. The third-order valence-electron chi connectivity index (χ3n) is 7.39. The van der Waals surface area contributed by atoms with Crippen LogP contribution in [0.25, 0.3) is 6.08 Å². The molecule has 1 atom stereocenters. The zero-order chi connectivity index (χ0) is 28.4. The second-order valence-corrected chi connectivity index (χ2v) is 11.5. The molecule has 0 aliphatic carbocycles. The summed E-state index contributed by atoms with van der Waals surface area (Å²) >= 11 is 7.76. The SMILES string of the molecule is CCCC1=C(C(=O)OCC)[C@@H](c2cc(Cl)ccc2OC)n2c(s/c(=C\c3ccc(N4CCCC4)cc3C)c2=O)=N1. The molecule has 7 nitrogen and oxygen atoms in total. The first-order valence-corrected chi connectivity index (χ1v) is 15.0. The molecule has 3 heterocycles. The number of nitrogens with zero attached hydrogens (tertiary/aromatic N) is 3. The number of benzene rings is 2. The highest BCUT2D eigenvalue weighted by atomic mass is 35.5. The van der Waals surface area contributed by atoms with E-state index in [0.717, 1.165) is 30.6 Å². The lowest BCUT2D eigenvalue weighted by molar-refractivity contribution is -0.139. The van der Waals surface area contributed by atoms with E-state index in [9.17, 15) is 9.59 Å². The van der Waals surface area contributed by atoms with Crippen LogP contribution in [-0.2, 0) is 9.53 Å². The molecule has 0 unspecified atom stereocenters. The summed E-state index contributed by atoms with van der Waals surface area (Å²) in [4.78, 5) is 35.3. The lowest BCUT2D eigenvalue weighted by Gasteiger charge is -2.27. The molecule has 40 heavy (non-hydrogen) atoms. The van der Waals surface area contributed by atoms with E-state index < -0.39 is 12.0 Å². The standard InChI is InChI=1S/C31H34ClN3O4S/c1-5-9-24-27(30(37)39-6-2)28(23-18-21(32)11-13-25(23)38-4)35-29(36)26(40-31(35)33-24)17-20-10-12-22(16-19(20)3)34-14-7-8-15-34/h10-13,16-18,28H,5-9,14-15H2,1-4H3/b26-17-/t28-/m1/s1. The van der Waals surface area contributed by atoms with Crippen molar-refractivity contribution >= 4 is 40.7 Å².